The van der Waals surface area contributed by atoms with Gasteiger partial charge in [0.15, 0.2) is 16.4 Å². The number of nitrogens with zero attached hydrogens (tertiary/aromatic N) is 3. The first-order chi connectivity index (χ1) is 15.0. The normalized spacial score (nSPS) is 17.6. The Kier molecular flexibility index (Phi) is 7.02. The van der Waals surface area contributed by atoms with Crippen molar-refractivity contribution in [2.75, 3.05) is 24.7 Å². The minimum Gasteiger partial charge on any atom is -0.452 e. The first kappa shape index (κ1) is 23.9. The molecule has 9 nitrogen and oxygen atoms in total. The summed E-state index contributed by atoms with van der Waals surface area (Å²) in [5, 5.41) is 0. The second-order valence-corrected chi connectivity index (χ2v) is 10.8. The second-order valence-electron chi connectivity index (χ2n) is 8.52. The van der Waals surface area contributed by atoms with Gasteiger partial charge in [0, 0.05) is 19.1 Å². The highest BCUT2D eigenvalue weighted by Crippen LogP contribution is 2.20. The molecule has 0 saturated carbocycles. The Morgan fingerprint density at radius 2 is 2.03 bits per heavy atom. The lowest BCUT2D eigenvalue weighted by atomic mass is 10.1. The molecular weight excluding hydrogens is 434 g/mol. The fourth-order valence-electron chi connectivity index (χ4n) is 3.98. The summed E-state index contributed by atoms with van der Waals surface area (Å²) in [6.07, 6.45) is 0.392. The third kappa shape index (κ3) is 5.17. The van der Waals surface area contributed by atoms with Crippen LogP contribution in [-0.4, -0.2) is 65.4 Å². The van der Waals surface area contributed by atoms with Gasteiger partial charge in [-0.1, -0.05) is 13.8 Å². The zero-order valence-corrected chi connectivity index (χ0v) is 19.6. The van der Waals surface area contributed by atoms with E-state index in [9.17, 15) is 22.8 Å². The number of benzene rings is 1. The van der Waals surface area contributed by atoms with Crippen molar-refractivity contribution in [2.24, 2.45) is 5.92 Å². The van der Waals surface area contributed by atoms with Crippen molar-refractivity contribution in [3.8, 4) is 0 Å². The van der Waals surface area contributed by atoms with E-state index in [2.05, 4.69) is 4.98 Å². The number of rotatable bonds is 7. The third-order valence-electron chi connectivity index (χ3n) is 5.52. The monoisotopic (exact) mass is 463 g/mol. The van der Waals surface area contributed by atoms with Crippen molar-refractivity contribution >= 4 is 32.7 Å². The molecule has 1 fully saturated rings. The van der Waals surface area contributed by atoms with Crippen molar-refractivity contribution in [1.29, 1.82) is 0 Å². The maximum atomic E-state index is 12.8. The molecule has 174 valence electrons. The van der Waals surface area contributed by atoms with Gasteiger partial charge >= 0.3 is 5.97 Å². The van der Waals surface area contributed by atoms with Gasteiger partial charge in [0.25, 0.3) is 11.5 Å². The largest absolute Gasteiger partial charge is 0.452 e. The Labute approximate surface area is 187 Å². The number of aryl methyl sites for hydroxylation is 2. The molecule has 1 saturated heterocycles. The first-order valence-corrected chi connectivity index (χ1v) is 12.5. The van der Waals surface area contributed by atoms with Crippen LogP contribution in [0.5, 0.6) is 0 Å². The topological polar surface area (TPSA) is 116 Å². The molecule has 0 aliphatic carbocycles. The van der Waals surface area contributed by atoms with Gasteiger partial charge in [-0.2, -0.15) is 0 Å². The van der Waals surface area contributed by atoms with Gasteiger partial charge in [0.2, 0.25) is 0 Å². The predicted molar refractivity (Wildman–Crippen MR) is 120 cm³/mol. The van der Waals surface area contributed by atoms with Crippen molar-refractivity contribution in [2.45, 2.75) is 46.7 Å². The van der Waals surface area contributed by atoms with Crippen LogP contribution in [0.25, 0.3) is 11.0 Å². The SMILES string of the molecule is CCn1c(=O)c(C)nc2cc(C(=O)OCC(=O)N(CC(C)C)[C@H]3CCS(=O)(=O)C3)ccc21. The molecule has 10 heteroatoms. The Bertz CT molecular complexity index is 1200. The van der Waals surface area contributed by atoms with E-state index in [4.69, 9.17) is 4.74 Å². The fourth-order valence-corrected chi connectivity index (χ4v) is 5.71. The van der Waals surface area contributed by atoms with Gasteiger partial charge in [-0.05, 0) is 44.4 Å². The van der Waals surface area contributed by atoms with E-state index in [0.717, 1.165) is 0 Å². The minimum atomic E-state index is -3.15. The number of hydrogen-bond donors (Lipinski definition) is 0. The molecule has 0 radical (unpaired) electrons. The summed E-state index contributed by atoms with van der Waals surface area (Å²) in [5.74, 6) is -0.954. The summed E-state index contributed by atoms with van der Waals surface area (Å²) in [6, 6.07) is 4.32. The molecule has 2 aromatic rings. The Hall–Kier alpha value is -2.75. The zero-order chi connectivity index (χ0) is 23.6. The summed E-state index contributed by atoms with van der Waals surface area (Å²) in [7, 11) is -3.15. The van der Waals surface area contributed by atoms with Gasteiger partial charge in [0.1, 0.15) is 5.69 Å². The predicted octanol–water partition coefficient (Wildman–Crippen LogP) is 1.55. The highest BCUT2D eigenvalue weighted by molar-refractivity contribution is 7.91. The maximum Gasteiger partial charge on any atom is 0.338 e. The Morgan fingerprint density at radius 1 is 1.31 bits per heavy atom. The quantitative estimate of drug-likeness (QED) is 0.572. The molecular formula is C22H29N3O6S. The number of hydrogen-bond acceptors (Lipinski definition) is 7. The number of sulfone groups is 1. The lowest BCUT2D eigenvalue weighted by molar-refractivity contribution is -0.137. The smallest absolute Gasteiger partial charge is 0.338 e. The van der Waals surface area contributed by atoms with Crippen LogP contribution in [0.15, 0.2) is 23.0 Å². The summed E-state index contributed by atoms with van der Waals surface area (Å²) in [4.78, 5) is 43.4. The average molecular weight is 464 g/mol. The highest BCUT2D eigenvalue weighted by atomic mass is 32.2. The average Bonchev–Trinajstić information content (AvgIpc) is 3.09. The molecule has 1 aliphatic rings. The van der Waals surface area contributed by atoms with Crippen LogP contribution >= 0.6 is 0 Å². The Morgan fingerprint density at radius 3 is 2.62 bits per heavy atom. The molecule has 1 aromatic heterocycles. The van der Waals surface area contributed by atoms with E-state index >= 15 is 0 Å². The van der Waals surface area contributed by atoms with Gasteiger partial charge in [0.05, 0.1) is 28.1 Å². The van der Waals surface area contributed by atoms with E-state index in [1.54, 1.807) is 17.6 Å². The van der Waals surface area contributed by atoms with Crippen LogP contribution in [0.1, 0.15) is 43.2 Å². The molecule has 0 N–H and O–H groups in total. The maximum absolute atomic E-state index is 12.8. The van der Waals surface area contributed by atoms with Crippen LogP contribution in [0.3, 0.4) is 0 Å². The summed E-state index contributed by atoms with van der Waals surface area (Å²) in [6.45, 7) is 7.74. The first-order valence-electron chi connectivity index (χ1n) is 10.7. The molecule has 1 atom stereocenters. The lowest BCUT2D eigenvalue weighted by Crippen LogP contribution is -2.45. The molecule has 0 bridgehead atoms. The van der Waals surface area contributed by atoms with E-state index in [0.29, 0.717) is 36.2 Å². The highest BCUT2D eigenvalue weighted by Gasteiger charge is 2.35. The number of carbonyl (C=O) groups excluding carboxylic acids is 2. The lowest BCUT2D eigenvalue weighted by Gasteiger charge is -2.29. The zero-order valence-electron chi connectivity index (χ0n) is 18.8. The van der Waals surface area contributed by atoms with Crippen LogP contribution in [-0.2, 0) is 25.9 Å². The van der Waals surface area contributed by atoms with E-state index < -0.39 is 34.4 Å². The number of carbonyl (C=O) groups is 2. The van der Waals surface area contributed by atoms with Gasteiger partial charge < -0.3 is 14.2 Å². The Balaban J connectivity index is 1.75. The molecule has 2 heterocycles. The van der Waals surface area contributed by atoms with Crippen molar-refractivity contribution in [3.63, 3.8) is 0 Å². The minimum absolute atomic E-state index is 0.0612. The standard InChI is InChI=1S/C22H29N3O6S/c1-5-24-19-7-6-16(10-18(19)23-15(4)21(24)27)22(28)31-12-20(26)25(11-14(2)3)17-8-9-32(29,30)13-17/h6-7,10,14,17H,5,8-9,11-13H2,1-4H3/t17-/m0/s1. The second kappa shape index (κ2) is 9.40. The van der Waals surface area contributed by atoms with Crippen molar-refractivity contribution < 1.29 is 22.7 Å². The third-order valence-corrected chi connectivity index (χ3v) is 7.27. The number of amides is 1. The van der Waals surface area contributed by atoms with Crippen molar-refractivity contribution in [1.82, 2.24) is 14.5 Å². The summed E-state index contributed by atoms with van der Waals surface area (Å²) < 4.78 is 30.5. The van der Waals surface area contributed by atoms with Gasteiger partial charge in [-0.25, -0.2) is 18.2 Å². The number of aromatic nitrogens is 2. The van der Waals surface area contributed by atoms with Crippen LogP contribution < -0.4 is 5.56 Å². The van der Waals surface area contributed by atoms with Gasteiger partial charge in [-0.15, -0.1) is 0 Å². The molecule has 0 spiro atoms. The summed E-state index contributed by atoms with van der Waals surface area (Å²) >= 11 is 0. The molecule has 1 aromatic carbocycles. The molecule has 1 aliphatic heterocycles. The number of ether oxygens (including phenoxy) is 1. The van der Waals surface area contributed by atoms with E-state index in [1.807, 2.05) is 20.8 Å². The summed E-state index contributed by atoms with van der Waals surface area (Å²) in [5.41, 5.74) is 1.47. The molecule has 3 rings (SSSR count). The molecule has 0 unspecified atom stereocenters. The molecule has 32 heavy (non-hydrogen) atoms. The van der Waals surface area contributed by atoms with Crippen LogP contribution in [0.2, 0.25) is 0 Å². The van der Waals surface area contributed by atoms with E-state index in [1.165, 1.54) is 17.0 Å². The fraction of sp³-hybridized carbons (Fsp3) is 0.545. The van der Waals surface area contributed by atoms with Crippen molar-refractivity contribution in [3.05, 3.63) is 39.8 Å². The van der Waals surface area contributed by atoms with Crippen LogP contribution in [0.4, 0.5) is 0 Å². The number of esters is 1. The molecule has 1 amide bonds. The van der Waals surface area contributed by atoms with E-state index in [-0.39, 0.29) is 28.5 Å². The number of fused-ring (bicyclic) bond motifs is 1. The van der Waals surface area contributed by atoms with Crippen LogP contribution in [0, 0.1) is 12.8 Å². The van der Waals surface area contributed by atoms with Gasteiger partial charge in [-0.3, -0.25) is 9.59 Å².